The summed E-state index contributed by atoms with van der Waals surface area (Å²) in [5, 5.41) is 10.6. The molecule has 120 valence electrons. The highest BCUT2D eigenvalue weighted by Crippen LogP contribution is 2.20. The van der Waals surface area contributed by atoms with Gasteiger partial charge in [0.05, 0.1) is 4.92 Å². The van der Waals surface area contributed by atoms with Crippen molar-refractivity contribution in [2.75, 3.05) is 11.4 Å². The fourth-order valence-electron chi connectivity index (χ4n) is 2.19. The summed E-state index contributed by atoms with van der Waals surface area (Å²) in [7, 11) is 0. The Morgan fingerprint density at radius 3 is 2.30 bits per heavy atom. The molecule has 1 amide bonds. The summed E-state index contributed by atoms with van der Waals surface area (Å²) in [4.78, 5) is 24.3. The van der Waals surface area contributed by atoms with E-state index in [0.717, 1.165) is 5.69 Å². The molecule has 0 fully saturated rings. The molecule has 0 heterocycles. The monoisotopic (exact) mass is 314 g/mol. The van der Waals surface area contributed by atoms with Gasteiger partial charge < -0.3 is 9.64 Å². The van der Waals surface area contributed by atoms with Crippen LogP contribution in [0.3, 0.4) is 0 Å². The first-order chi connectivity index (χ1) is 11.0. The molecule has 23 heavy (non-hydrogen) atoms. The normalized spacial score (nSPS) is 11.6. The largest absolute Gasteiger partial charge is 0.481 e. The Hall–Kier alpha value is -2.89. The number of non-ortho nitro benzene ring substituents is 1. The van der Waals surface area contributed by atoms with Crippen molar-refractivity contribution in [3.63, 3.8) is 0 Å². The predicted molar refractivity (Wildman–Crippen MR) is 87.7 cm³/mol. The molecule has 2 aromatic rings. The van der Waals surface area contributed by atoms with E-state index in [1.54, 1.807) is 11.8 Å². The average molecular weight is 314 g/mol. The highest BCUT2D eigenvalue weighted by molar-refractivity contribution is 5.96. The molecule has 0 saturated carbocycles. The first kappa shape index (κ1) is 16.5. The molecule has 0 N–H and O–H groups in total. The van der Waals surface area contributed by atoms with Gasteiger partial charge in [-0.3, -0.25) is 14.9 Å². The zero-order valence-corrected chi connectivity index (χ0v) is 13.0. The van der Waals surface area contributed by atoms with E-state index in [9.17, 15) is 14.9 Å². The van der Waals surface area contributed by atoms with Crippen LogP contribution in [0, 0.1) is 10.1 Å². The molecule has 0 saturated heterocycles. The van der Waals surface area contributed by atoms with Gasteiger partial charge in [-0.1, -0.05) is 18.2 Å². The molecule has 6 heteroatoms. The lowest BCUT2D eigenvalue weighted by atomic mass is 10.2. The maximum atomic E-state index is 12.5. The Morgan fingerprint density at radius 2 is 1.78 bits per heavy atom. The third-order valence-electron chi connectivity index (χ3n) is 3.36. The first-order valence-corrected chi connectivity index (χ1v) is 7.30. The van der Waals surface area contributed by atoms with Gasteiger partial charge in [-0.2, -0.15) is 0 Å². The number of hydrogen-bond acceptors (Lipinski definition) is 4. The Labute approximate surface area is 134 Å². The maximum Gasteiger partial charge on any atom is 0.269 e. The molecule has 6 nitrogen and oxygen atoms in total. The number of benzene rings is 2. The van der Waals surface area contributed by atoms with Crippen molar-refractivity contribution < 1.29 is 14.5 Å². The third kappa shape index (κ3) is 4.06. The molecular formula is C17H18N2O4. The summed E-state index contributed by atoms with van der Waals surface area (Å²) in [5.41, 5.74) is 0.787. The van der Waals surface area contributed by atoms with E-state index in [-0.39, 0.29) is 11.6 Å². The van der Waals surface area contributed by atoms with E-state index in [1.165, 1.54) is 24.3 Å². The van der Waals surface area contributed by atoms with Crippen molar-refractivity contribution in [1.29, 1.82) is 0 Å². The number of likely N-dealkylation sites (N-methyl/N-ethyl adjacent to an activating group) is 1. The number of anilines is 1. The molecular weight excluding hydrogens is 296 g/mol. The van der Waals surface area contributed by atoms with Crippen molar-refractivity contribution >= 4 is 17.3 Å². The number of carbonyl (C=O) groups is 1. The van der Waals surface area contributed by atoms with E-state index in [0.29, 0.717) is 12.3 Å². The zero-order valence-electron chi connectivity index (χ0n) is 13.0. The number of para-hydroxylation sites is 1. The Kier molecular flexibility index (Phi) is 5.30. The van der Waals surface area contributed by atoms with Gasteiger partial charge in [-0.15, -0.1) is 0 Å². The van der Waals surface area contributed by atoms with Crippen LogP contribution in [0.15, 0.2) is 54.6 Å². The lowest BCUT2D eigenvalue weighted by molar-refractivity contribution is -0.384. The van der Waals surface area contributed by atoms with E-state index >= 15 is 0 Å². The Bertz CT molecular complexity index is 671. The van der Waals surface area contributed by atoms with Crippen LogP contribution in [0.2, 0.25) is 0 Å². The number of carbonyl (C=O) groups excluding carboxylic acids is 1. The van der Waals surface area contributed by atoms with Gasteiger partial charge in [0.25, 0.3) is 11.6 Å². The van der Waals surface area contributed by atoms with E-state index in [4.69, 9.17) is 4.74 Å². The summed E-state index contributed by atoms with van der Waals surface area (Å²) in [6.07, 6.45) is -0.698. The summed E-state index contributed by atoms with van der Waals surface area (Å²) < 4.78 is 5.60. The highest BCUT2D eigenvalue weighted by Gasteiger charge is 2.22. The van der Waals surface area contributed by atoms with Crippen molar-refractivity contribution in [3.8, 4) is 5.75 Å². The minimum Gasteiger partial charge on any atom is -0.481 e. The van der Waals surface area contributed by atoms with Crippen LogP contribution in [0.5, 0.6) is 5.75 Å². The lowest BCUT2D eigenvalue weighted by Gasteiger charge is -2.25. The second kappa shape index (κ2) is 7.40. The summed E-state index contributed by atoms with van der Waals surface area (Å²) in [6, 6.07) is 15.0. The Morgan fingerprint density at radius 1 is 1.17 bits per heavy atom. The molecule has 0 aliphatic rings. The summed E-state index contributed by atoms with van der Waals surface area (Å²) in [6.45, 7) is 4.08. The minimum atomic E-state index is -0.698. The van der Waals surface area contributed by atoms with Crippen molar-refractivity contribution in [3.05, 3.63) is 64.7 Å². The number of rotatable bonds is 6. The van der Waals surface area contributed by atoms with Gasteiger partial charge >= 0.3 is 0 Å². The standard InChI is InChI=1S/C17H18N2O4/c1-3-18(14-7-5-4-6-8-14)17(20)13(2)23-16-11-9-15(10-12-16)19(21)22/h4-13H,3H2,1-2H3. The van der Waals surface area contributed by atoms with Crippen LogP contribution in [-0.2, 0) is 4.79 Å². The highest BCUT2D eigenvalue weighted by atomic mass is 16.6. The molecule has 2 aromatic carbocycles. The number of nitro groups is 1. The van der Waals surface area contributed by atoms with Crippen LogP contribution >= 0.6 is 0 Å². The van der Waals surface area contributed by atoms with Crippen LogP contribution in [0.4, 0.5) is 11.4 Å². The fraction of sp³-hybridized carbons (Fsp3) is 0.235. The molecule has 0 aliphatic carbocycles. The maximum absolute atomic E-state index is 12.5. The number of hydrogen-bond donors (Lipinski definition) is 0. The second-order valence-corrected chi connectivity index (χ2v) is 4.93. The van der Waals surface area contributed by atoms with Crippen molar-refractivity contribution in [1.82, 2.24) is 0 Å². The van der Waals surface area contributed by atoms with Crippen LogP contribution in [0.1, 0.15) is 13.8 Å². The molecule has 1 unspecified atom stereocenters. The van der Waals surface area contributed by atoms with Gasteiger partial charge in [0.1, 0.15) is 5.75 Å². The molecule has 0 radical (unpaired) electrons. The number of amides is 1. The fourth-order valence-corrected chi connectivity index (χ4v) is 2.19. The summed E-state index contributed by atoms with van der Waals surface area (Å²) in [5.74, 6) is 0.248. The van der Waals surface area contributed by atoms with Gasteiger partial charge in [-0.25, -0.2) is 0 Å². The molecule has 0 bridgehead atoms. The minimum absolute atomic E-state index is 0.0178. The van der Waals surface area contributed by atoms with Crippen molar-refractivity contribution in [2.45, 2.75) is 20.0 Å². The first-order valence-electron chi connectivity index (χ1n) is 7.30. The molecule has 2 rings (SSSR count). The van der Waals surface area contributed by atoms with Crippen LogP contribution < -0.4 is 9.64 Å². The topological polar surface area (TPSA) is 72.7 Å². The zero-order chi connectivity index (χ0) is 16.8. The lowest BCUT2D eigenvalue weighted by Crippen LogP contribution is -2.40. The van der Waals surface area contributed by atoms with E-state index in [2.05, 4.69) is 0 Å². The van der Waals surface area contributed by atoms with E-state index < -0.39 is 11.0 Å². The average Bonchev–Trinajstić information content (AvgIpc) is 2.57. The van der Waals surface area contributed by atoms with Crippen LogP contribution in [-0.4, -0.2) is 23.5 Å². The molecule has 0 aliphatic heterocycles. The second-order valence-electron chi connectivity index (χ2n) is 4.93. The van der Waals surface area contributed by atoms with Crippen molar-refractivity contribution in [2.24, 2.45) is 0 Å². The quantitative estimate of drug-likeness (QED) is 0.605. The van der Waals surface area contributed by atoms with Gasteiger partial charge in [0.2, 0.25) is 0 Å². The third-order valence-corrected chi connectivity index (χ3v) is 3.36. The number of nitrogens with zero attached hydrogens (tertiary/aromatic N) is 2. The van der Waals surface area contributed by atoms with E-state index in [1.807, 2.05) is 37.3 Å². The van der Waals surface area contributed by atoms with Gasteiger partial charge in [0.15, 0.2) is 6.10 Å². The van der Waals surface area contributed by atoms with Gasteiger partial charge in [0, 0.05) is 24.4 Å². The van der Waals surface area contributed by atoms with Crippen LogP contribution in [0.25, 0.3) is 0 Å². The number of ether oxygens (including phenoxy) is 1. The molecule has 1 atom stereocenters. The molecule has 0 spiro atoms. The number of nitro benzene ring substituents is 1. The smallest absolute Gasteiger partial charge is 0.269 e. The SMILES string of the molecule is CCN(C(=O)C(C)Oc1ccc([N+](=O)[O-])cc1)c1ccccc1. The predicted octanol–water partition coefficient (Wildman–Crippen LogP) is 3.42. The Balaban J connectivity index is 2.08. The van der Waals surface area contributed by atoms with Gasteiger partial charge in [-0.05, 0) is 38.1 Å². The summed E-state index contributed by atoms with van der Waals surface area (Å²) >= 11 is 0. The molecule has 0 aromatic heterocycles.